The Balaban J connectivity index is 2.24. The predicted octanol–water partition coefficient (Wildman–Crippen LogP) is 4.15. The molecular formula is C15H14INO2. The van der Waals surface area contributed by atoms with Crippen molar-refractivity contribution < 1.29 is 9.84 Å². The molecule has 0 fully saturated rings. The van der Waals surface area contributed by atoms with Crippen LogP contribution in [0.15, 0.2) is 47.5 Å². The van der Waals surface area contributed by atoms with Gasteiger partial charge in [-0.3, -0.25) is 4.99 Å². The number of aromatic hydroxyl groups is 1. The van der Waals surface area contributed by atoms with Gasteiger partial charge >= 0.3 is 0 Å². The van der Waals surface area contributed by atoms with E-state index in [1.807, 2.05) is 43.3 Å². The van der Waals surface area contributed by atoms with Crippen LogP contribution in [0.4, 0.5) is 5.69 Å². The molecule has 0 unspecified atom stereocenters. The maximum atomic E-state index is 9.47. The molecule has 0 amide bonds. The van der Waals surface area contributed by atoms with Crippen molar-refractivity contribution in [3.8, 4) is 11.5 Å². The van der Waals surface area contributed by atoms with Gasteiger partial charge < -0.3 is 9.84 Å². The molecule has 0 heterocycles. The van der Waals surface area contributed by atoms with E-state index in [2.05, 4.69) is 27.6 Å². The summed E-state index contributed by atoms with van der Waals surface area (Å²) < 4.78 is 6.32. The third-order valence-electron chi connectivity index (χ3n) is 2.49. The van der Waals surface area contributed by atoms with Crippen molar-refractivity contribution in [2.45, 2.75) is 6.92 Å². The molecule has 98 valence electrons. The summed E-state index contributed by atoms with van der Waals surface area (Å²) in [5.41, 5.74) is 1.74. The number of phenols is 1. The van der Waals surface area contributed by atoms with Gasteiger partial charge in [-0.1, -0.05) is 12.1 Å². The van der Waals surface area contributed by atoms with Gasteiger partial charge in [-0.25, -0.2) is 0 Å². The molecule has 3 nitrogen and oxygen atoms in total. The number of rotatable bonds is 4. The van der Waals surface area contributed by atoms with Gasteiger partial charge in [0.2, 0.25) is 0 Å². The molecule has 0 saturated carbocycles. The molecule has 0 atom stereocenters. The van der Waals surface area contributed by atoms with Gasteiger partial charge in [-0.05, 0) is 65.4 Å². The SMILES string of the molecule is CCOc1ccccc1N=Cc1ccc(O)c(I)c1. The molecule has 0 aliphatic carbocycles. The minimum atomic E-state index is 0.285. The monoisotopic (exact) mass is 367 g/mol. The van der Waals surface area contributed by atoms with Crippen LogP contribution in [0.25, 0.3) is 0 Å². The minimum absolute atomic E-state index is 0.285. The lowest BCUT2D eigenvalue weighted by Gasteiger charge is -2.05. The summed E-state index contributed by atoms with van der Waals surface area (Å²) in [7, 11) is 0. The Morgan fingerprint density at radius 3 is 2.79 bits per heavy atom. The van der Waals surface area contributed by atoms with Crippen LogP contribution < -0.4 is 4.74 Å². The van der Waals surface area contributed by atoms with E-state index in [-0.39, 0.29) is 5.75 Å². The maximum Gasteiger partial charge on any atom is 0.144 e. The molecule has 2 aromatic rings. The Hall–Kier alpha value is -1.56. The Kier molecular flexibility index (Phi) is 4.79. The fraction of sp³-hybridized carbons (Fsp3) is 0.133. The van der Waals surface area contributed by atoms with Crippen LogP contribution in [0.5, 0.6) is 11.5 Å². The summed E-state index contributed by atoms with van der Waals surface area (Å²) in [5, 5.41) is 9.47. The van der Waals surface area contributed by atoms with Crippen molar-refractivity contribution in [3.63, 3.8) is 0 Å². The number of halogens is 1. The first-order chi connectivity index (χ1) is 9.20. The standard InChI is InChI=1S/C15H14INO2/c1-2-19-15-6-4-3-5-13(15)17-10-11-7-8-14(18)12(16)9-11/h3-10,18H,2H2,1H3. The molecule has 0 aromatic heterocycles. The smallest absolute Gasteiger partial charge is 0.144 e. The van der Waals surface area contributed by atoms with Gasteiger partial charge in [0.1, 0.15) is 17.2 Å². The van der Waals surface area contributed by atoms with Crippen LogP contribution in [0.1, 0.15) is 12.5 Å². The Labute approximate surface area is 126 Å². The second-order valence-corrected chi connectivity index (χ2v) is 5.03. The molecule has 19 heavy (non-hydrogen) atoms. The Bertz CT molecular complexity index is 596. The van der Waals surface area contributed by atoms with Crippen LogP contribution in [-0.2, 0) is 0 Å². The fourth-order valence-electron chi connectivity index (χ4n) is 1.59. The lowest BCUT2D eigenvalue weighted by molar-refractivity contribution is 0.341. The molecule has 1 N–H and O–H groups in total. The fourth-order valence-corrected chi connectivity index (χ4v) is 2.13. The normalized spacial score (nSPS) is 10.8. The first-order valence-corrected chi connectivity index (χ1v) is 7.03. The van der Waals surface area contributed by atoms with E-state index in [9.17, 15) is 5.11 Å². The summed E-state index contributed by atoms with van der Waals surface area (Å²) in [6.07, 6.45) is 1.76. The lowest BCUT2D eigenvalue weighted by Crippen LogP contribution is -1.91. The second-order valence-electron chi connectivity index (χ2n) is 3.87. The molecule has 2 aromatic carbocycles. The van der Waals surface area contributed by atoms with Gasteiger partial charge in [0.15, 0.2) is 0 Å². The van der Waals surface area contributed by atoms with E-state index in [1.165, 1.54) is 0 Å². The number of nitrogens with zero attached hydrogens (tertiary/aromatic N) is 1. The van der Waals surface area contributed by atoms with Crippen molar-refractivity contribution in [2.24, 2.45) is 4.99 Å². The molecule has 0 aliphatic rings. The first kappa shape index (κ1) is 13.9. The number of aliphatic imine (C=N–C) groups is 1. The van der Waals surface area contributed by atoms with Crippen LogP contribution in [0.3, 0.4) is 0 Å². The quantitative estimate of drug-likeness (QED) is 0.652. The first-order valence-electron chi connectivity index (χ1n) is 5.95. The van der Waals surface area contributed by atoms with Gasteiger partial charge in [0.25, 0.3) is 0 Å². The lowest BCUT2D eigenvalue weighted by atomic mass is 10.2. The highest BCUT2D eigenvalue weighted by atomic mass is 127. The maximum absolute atomic E-state index is 9.47. The van der Waals surface area contributed by atoms with Crippen LogP contribution in [0.2, 0.25) is 0 Å². The number of ether oxygens (including phenoxy) is 1. The van der Waals surface area contributed by atoms with E-state index in [0.717, 1.165) is 20.6 Å². The summed E-state index contributed by atoms with van der Waals surface area (Å²) in [6, 6.07) is 13.0. The minimum Gasteiger partial charge on any atom is -0.507 e. The van der Waals surface area contributed by atoms with Crippen molar-refractivity contribution in [2.75, 3.05) is 6.61 Å². The van der Waals surface area contributed by atoms with Crippen LogP contribution in [0, 0.1) is 3.57 Å². The van der Waals surface area contributed by atoms with Gasteiger partial charge in [0, 0.05) is 6.21 Å². The molecule has 4 heteroatoms. The van der Waals surface area contributed by atoms with Crippen molar-refractivity contribution in [3.05, 3.63) is 51.6 Å². The number of para-hydroxylation sites is 2. The highest BCUT2D eigenvalue weighted by Gasteiger charge is 2.00. The Morgan fingerprint density at radius 2 is 2.05 bits per heavy atom. The molecule has 0 spiro atoms. The number of benzene rings is 2. The second kappa shape index (κ2) is 6.56. The third-order valence-corrected chi connectivity index (χ3v) is 3.35. The van der Waals surface area contributed by atoms with Gasteiger partial charge in [0.05, 0.1) is 10.2 Å². The van der Waals surface area contributed by atoms with Gasteiger partial charge in [-0.2, -0.15) is 0 Å². The largest absolute Gasteiger partial charge is 0.507 e. The summed E-state index contributed by atoms with van der Waals surface area (Å²) >= 11 is 2.09. The Morgan fingerprint density at radius 1 is 1.26 bits per heavy atom. The van der Waals surface area contributed by atoms with Crippen LogP contribution >= 0.6 is 22.6 Å². The molecular weight excluding hydrogens is 353 g/mol. The summed E-state index contributed by atoms with van der Waals surface area (Å²) in [5.74, 6) is 1.06. The average molecular weight is 367 g/mol. The van der Waals surface area contributed by atoms with E-state index < -0.39 is 0 Å². The van der Waals surface area contributed by atoms with Crippen LogP contribution in [-0.4, -0.2) is 17.9 Å². The zero-order chi connectivity index (χ0) is 13.7. The van der Waals surface area contributed by atoms with E-state index in [4.69, 9.17) is 4.74 Å². The zero-order valence-electron chi connectivity index (χ0n) is 10.5. The highest BCUT2D eigenvalue weighted by molar-refractivity contribution is 14.1. The number of phenolic OH excluding ortho intramolecular Hbond substituents is 1. The number of hydrogen-bond acceptors (Lipinski definition) is 3. The summed E-state index contributed by atoms with van der Waals surface area (Å²) in [6.45, 7) is 2.56. The molecule has 0 radical (unpaired) electrons. The zero-order valence-corrected chi connectivity index (χ0v) is 12.7. The number of hydrogen-bond donors (Lipinski definition) is 1. The third kappa shape index (κ3) is 3.70. The van der Waals surface area contributed by atoms with Crippen molar-refractivity contribution >= 4 is 34.5 Å². The van der Waals surface area contributed by atoms with Gasteiger partial charge in [-0.15, -0.1) is 0 Å². The van der Waals surface area contributed by atoms with E-state index >= 15 is 0 Å². The van der Waals surface area contributed by atoms with Crippen molar-refractivity contribution in [1.29, 1.82) is 0 Å². The molecule has 0 bridgehead atoms. The molecule has 2 rings (SSSR count). The summed E-state index contributed by atoms with van der Waals surface area (Å²) in [4.78, 5) is 4.43. The molecule has 0 saturated heterocycles. The van der Waals surface area contributed by atoms with E-state index in [1.54, 1.807) is 12.3 Å². The van der Waals surface area contributed by atoms with Crippen molar-refractivity contribution in [1.82, 2.24) is 0 Å². The predicted molar refractivity (Wildman–Crippen MR) is 85.7 cm³/mol. The highest BCUT2D eigenvalue weighted by Crippen LogP contribution is 2.27. The van der Waals surface area contributed by atoms with E-state index in [0.29, 0.717) is 6.61 Å². The molecule has 0 aliphatic heterocycles. The average Bonchev–Trinajstić information content (AvgIpc) is 2.42. The topological polar surface area (TPSA) is 41.8 Å².